The van der Waals surface area contributed by atoms with E-state index in [2.05, 4.69) is 44.8 Å². The summed E-state index contributed by atoms with van der Waals surface area (Å²) in [4.78, 5) is 10.6. The van der Waals surface area contributed by atoms with Gasteiger partial charge in [-0.15, -0.1) is 10.2 Å². The fourth-order valence-corrected chi connectivity index (χ4v) is 2.59. The van der Waals surface area contributed by atoms with Crippen molar-refractivity contribution in [1.82, 2.24) is 0 Å². The highest BCUT2D eigenvalue weighted by atomic mass is 16.6. The summed E-state index contributed by atoms with van der Waals surface area (Å²) in [6.45, 7) is 10.4. The summed E-state index contributed by atoms with van der Waals surface area (Å²) in [5.74, 6) is 0.449. The molecule has 0 aliphatic carbocycles. The smallest absolute Gasteiger partial charge is 0.296 e. The summed E-state index contributed by atoms with van der Waals surface area (Å²) in [7, 11) is 0. The fraction of sp³-hybridized carbons (Fsp3) is 0.400. The summed E-state index contributed by atoms with van der Waals surface area (Å²) in [5, 5.41) is 29.9. The van der Waals surface area contributed by atoms with Gasteiger partial charge in [0.2, 0.25) is 0 Å². The molecule has 26 heavy (non-hydrogen) atoms. The number of nitro benzene ring substituents is 1. The molecule has 2 rings (SSSR count). The molecular formula is C20H25N3O3. The van der Waals surface area contributed by atoms with E-state index in [1.807, 2.05) is 6.07 Å². The van der Waals surface area contributed by atoms with Gasteiger partial charge in [0.1, 0.15) is 11.4 Å². The zero-order chi connectivity index (χ0) is 19.5. The van der Waals surface area contributed by atoms with E-state index in [1.54, 1.807) is 18.2 Å². The number of hydrogen-bond acceptors (Lipinski definition) is 5. The molecule has 0 spiro atoms. The predicted octanol–water partition coefficient (Wildman–Crippen LogP) is 6.21. The topological polar surface area (TPSA) is 88.1 Å². The Morgan fingerprint density at radius 1 is 1.12 bits per heavy atom. The molecule has 0 radical (unpaired) electrons. The van der Waals surface area contributed by atoms with Gasteiger partial charge in [0, 0.05) is 6.07 Å². The van der Waals surface area contributed by atoms with Crippen molar-refractivity contribution in [2.24, 2.45) is 16.1 Å². The number of hydrogen-bond donors (Lipinski definition) is 1. The lowest BCUT2D eigenvalue weighted by Crippen LogP contribution is -2.11. The van der Waals surface area contributed by atoms with Crippen LogP contribution in [-0.4, -0.2) is 10.0 Å². The molecule has 0 bridgehead atoms. The molecule has 6 heteroatoms. The summed E-state index contributed by atoms with van der Waals surface area (Å²) in [5.41, 5.74) is 2.08. The highest BCUT2D eigenvalue weighted by Crippen LogP contribution is 2.38. The van der Waals surface area contributed by atoms with Crippen LogP contribution in [-0.2, 0) is 11.8 Å². The average Bonchev–Trinajstić information content (AvgIpc) is 2.54. The lowest BCUT2D eigenvalue weighted by molar-refractivity contribution is -0.384. The Balaban J connectivity index is 2.53. The highest BCUT2D eigenvalue weighted by Gasteiger charge is 2.20. The van der Waals surface area contributed by atoms with E-state index in [4.69, 9.17) is 0 Å². The minimum absolute atomic E-state index is 0.0778. The van der Waals surface area contributed by atoms with Crippen molar-refractivity contribution in [3.05, 3.63) is 57.6 Å². The first kappa shape index (κ1) is 19.6. The number of azo groups is 1. The van der Waals surface area contributed by atoms with E-state index in [0.717, 1.165) is 11.1 Å². The van der Waals surface area contributed by atoms with E-state index < -0.39 is 4.92 Å². The van der Waals surface area contributed by atoms with Gasteiger partial charge in [-0.25, -0.2) is 0 Å². The number of aromatic hydroxyl groups is 1. The molecule has 0 atom stereocenters. The number of phenolic OH excluding ortho intramolecular Hbond substituents is 1. The maximum atomic E-state index is 11.1. The first-order chi connectivity index (χ1) is 12.1. The van der Waals surface area contributed by atoms with Crippen molar-refractivity contribution < 1.29 is 10.0 Å². The third-order valence-corrected chi connectivity index (χ3v) is 4.01. The molecule has 138 valence electrons. The van der Waals surface area contributed by atoms with E-state index in [1.165, 1.54) is 12.1 Å². The Morgan fingerprint density at radius 3 is 2.31 bits per heavy atom. The summed E-state index contributed by atoms with van der Waals surface area (Å²) >= 11 is 0. The molecule has 2 aromatic rings. The van der Waals surface area contributed by atoms with Gasteiger partial charge >= 0.3 is 0 Å². The molecule has 0 aliphatic heterocycles. The van der Waals surface area contributed by atoms with Crippen LogP contribution in [0.25, 0.3) is 0 Å². The first-order valence-corrected chi connectivity index (χ1v) is 8.61. The van der Waals surface area contributed by atoms with Crippen LogP contribution in [0.2, 0.25) is 0 Å². The van der Waals surface area contributed by atoms with E-state index in [0.29, 0.717) is 18.0 Å². The molecule has 6 nitrogen and oxygen atoms in total. The number of nitrogens with zero attached hydrogens (tertiary/aromatic N) is 3. The fourth-order valence-electron chi connectivity index (χ4n) is 2.59. The Labute approximate surface area is 153 Å². The molecule has 0 heterocycles. The third-order valence-electron chi connectivity index (χ3n) is 4.01. The molecule has 2 aromatic carbocycles. The third kappa shape index (κ3) is 4.65. The first-order valence-electron chi connectivity index (χ1n) is 8.61. The second-order valence-electron chi connectivity index (χ2n) is 7.80. The molecule has 0 saturated carbocycles. The van der Waals surface area contributed by atoms with E-state index in [-0.39, 0.29) is 22.5 Å². The van der Waals surface area contributed by atoms with Gasteiger partial charge in [-0.1, -0.05) is 52.8 Å². The number of phenols is 1. The molecule has 0 aliphatic rings. The van der Waals surface area contributed by atoms with Crippen LogP contribution < -0.4 is 0 Å². The monoisotopic (exact) mass is 355 g/mol. The van der Waals surface area contributed by atoms with Gasteiger partial charge in [-0.2, -0.15) is 0 Å². The highest BCUT2D eigenvalue weighted by molar-refractivity contribution is 5.60. The van der Waals surface area contributed by atoms with Gasteiger partial charge in [0.25, 0.3) is 5.69 Å². The quantitative estimate of drug-likeness (QED) is 0.393. The van der Waals surface area contributed by atoms with Gasteiger partial charge in [0.05, 0.1) is 4.92 Å². The van der Waals surface area contributed by atoms with Crippen molar-refractivity contribution in [1.29, 1.82) is 0 Å². The summed E-state index contributed by atoms with van der Waals surface area (Å²) < 4.78 is 0. The van der Waals surface area contributed by atoms with Crippen LogP contribution in [0.3, 0.4) is 0 Å². The molecule has 0 fully saturated rings. The van der Waals surface area contributed by atoms with Crippen molar-refractivity contribution in [3.63, 3.8) is 0 Å². The average molecular weight is 355 g/mol. The van der Waals surface area contributed by atoms with Crippen LogP contribution in [0.15, 0.2) is 46.6 Å². The standard InChI is InChI=1S/C20H25N3O3/c1-13(2)10-14-11-15(20(3,4)5)12-17(19(14)24)22-21-16-8-6-7-9-18(16)23(25)26/h6-9,11-13,24H,10H2,1-5H3/b22-21+. The van der Waals surface area contributed by atoms with Crippen LogP contribution >= 0.6 is 0 Å². The molecule has 0 aromatic heterocycles. The zero-order valence-electron chi connectivity index (χ0n) is 15.9. The molecular weight excluding hydrogens is 330 g/mol. The van der Waals surface area contributed by atoms with Crippen molar-refractivity contribution in [2.45, 2.75) is 46.5 Å². The van der Waals surface area contributed by atoms with Gasteiger partial charge in [-0.05, 0) is 41.0 Å². The summed E-state index contributed by atoms with van der Waals surface area (Å²) in [6.07, 6.45) is 0.712. The second-order valence-corrected chi connectivity index (χ2v) is 7.80. The lowest BCUT2D eigenvalue weighted by atomic mass is 9.84. The van der Waals surface area contributed by atoms with Crippen molar-refractivity contribution in [2.75, 3.05) is 0 Å². The molecule has 0 amide bonds. The molecule has 1 N–H and O–H groups in total. The minimum Gasteiger partial charge on any atom is -0.505 e. The van der Waals surface area contributed by atoms with Crippen LogP contribution in [0.4, 0.5) is 17.1 Å². The second kappa shape index (κ2) is 7.64. The summed E-state index contributed by atoms with van der Waals surface area (Å²) in [6, 6.07) is 9.94. The SMILES string of the molecule is CC(C)Cc1cc(C(C)(C)C)cc(/N=N/c2ccccc2[N+](=O)[O-])c1O. The normalized spacial score (nSPS) is 12.1. The lowest BCUT2D eigenvalue weighted by Gasteiger charge is -2.21. The Bertz CT molecular complexity index is 837. The number of benzene rings is 2. The largest absolute Gasteiger partial charge is 0.505 e. The van der Waals surface area contributed by atoms with Gasteiger partial charge in [0.15, 0.2) is 5.69 Å². The maximum Gasteiger partial charge on any atom is 0.296 e. The van der Waals surface area contributed by atoms with Crippen molar-refractivity contribution >= 4 is 17.1 Å². The molecule has 0 unspecified atom stereocenters. The van der Waals surface area contributed by atoms with Gasteiger partial charge in [-0.3, -0.25) is 10.1 Å². The minimum atomic E-state index is -0.496. The predicted molar refractivity (Wildman–Crippen MR) is 103 cm³/mol. The zero-order valence-corrected chi connectivity index (χ0v) is 15.9. The Hall–Kier alpha value is -2.76. The maximum absolute atomic E-state index is 11.1. The van der Waals surface area contributed by atoms with Crippen LogP contribution in [0.1, 0.15) is 45.7 Å². The Morgan fingerprint density at radius 2 is 1.73 bits per heavy atom. The van der Waals surface area contributed by atoms with Crippen molar-refractivity contribution in [3.8, 4) is 5.75 Å². The van der Waals surface area contributed by atoms with Crippen LogP contribution in [0, 0.1) is 16.0 Å². The Kier molecular flexibility index (Phi) is 5.75. The number of para-hydroxylation sites is 1. The number of nitro groups is 1. The van der Waals surface area contributed by atoms with Gasteiger partial charge < -0.3 is 5.11 Å². The van der Waals surface area contributed by atoms with Crippen LogP contribution in [0.5, 0.6) is 5.75 Å². The number of rotatable bonds is 5. The van der Waals surface area contributed by atoms with E-state index >= 15 is 0 Å². The van der Waals surface area contributed by atoms with E-state index in [9.17, 15) is 15.2 Å². The molecule has 0 saturated heterocycles.